The van der Waals surface area contributed by atoms with Crippen molar-refractivity contribution in [3.63, 3.8) is 0 Å². The van der Waals surface area contributed by atoms with Gasteiger partial charge in [-0.3, -0.25) is 9.59 Å². The fraction of sp³-hybridized carbons (Fsp3) is 0.250. The maximum absolute atomic E-state index is 12.2. The van der Waals surface area contributed by atoms with Crippen LogP contribution in [0.3, 0.4) is 0 Å². The molecule has 5 nitrogen and oxygen atoms in total. The van der Waals surface area contributed by atoms with E-state index in [4.69, 9.17) is 21.6 Å². The Morgan fingerprint density at radius 1 is 1.23 bits per heavy atom. The normalized spacial score (nSPS) is 14.2. The predicted octanol–water partition coefficient (Wildman–Crippen LogP) is 4.50. The first-order chi connectivity index (χ1) is 12.5. The Hall–Kier alpha value is -2.84. The van der Waals surface area contributed by atoms with Gasteiger partial charge in [-0.15, -0.1) is 0 Å². The largest absolute Gasteiger partial charge is 0.457 e. The Balaban J connectivity index is 1.64. The van der Waals surface area contributed by atoms with E-state index in [-0.39, 0.29) is 11.7 Å². The summed E-state index contributed by atoms with van der Waals surface area (Å²) in [5.74, 6) is -0.987. The molecule has 26 heavy (non-hydrogen) atoms. The van der Waals surface area contributed by atoms with Crippen LogP contribution in [0.25, 0.3) is 0 Å². The van der Waals surface area contributed by atoms with Crippen molar-refractivity contribution in [3.8, 4) is 17.6 Å². The van der Waals surface area contributed by atoms with Crippen molar-refractivity contribution in [2.24, 2.45) is 11.8 Å². The van der Waals surface area contributed by atoms with Crippen LogP contribution in [0.15, 0.2) is 42.5 Å². The summed E-state index contributed by atoms with van der Waals surface area (Å²) in [6, 6.07) is 13.9. The summed E-state index contributed by atoms with van der Waals surface area (Å²) in [6.07, 6.45) is 1.53. The van der Waals surface area contributed by atoms with Crippen molar-refractivity contribution in [3.05, 3.63) is 53.1 Å². The van der Waals surface area contributed by atoms with E-state index in [1.807, 2.05) is 13.0 Å². The summed E-state index contributed by atoms with van der Waals surface area (Å²) in [5, 5.41) is 12.4. The molecule has 132 valence electrons. The van der Waals surface area contributed by atoms with Crippen molar-refractivity contribution >= 4 is 29.0 Å². The Bertz CT molecular complexity index is 883. The number of ketones is 1. The number of anilines is 1. The van der Waals surface area contributed by atoms with E-state index in [9.17, 15) is 9.59 Å². The Morgan fingerprint density at radius 2 is 1.92 bits per heavy atom. The van der Waals surface area contributed by atoms with Gasteiger partial charge in [-0.05, 0) is 67.8 Å². The first-order valence-corrected chi connectivity index (χ1v) is 8.64. The number of hydrogen-bond acceptors (Lipinski definition) is 4. The first kappa shape index (κ1) is 18.0. The highest BCUT2D eigenvalue weighted by Gasteiger charge is 2.38. The van der Waals surface area contributed by atoms with Gasteiger partial charge in [0.25, 0.3) is 0 Å². The molecule has 0 aromatic heterocycles. The number of carbonyl (C=O) groups is 2. The lowest BCUT2D eigenvalue weighted by Crippen LogP contribution is -2.29. The highest BCUT2D eigenvalue weighted by molar-refractivity contribution is 6.30. The Kier molecular flexibility index (Phi) is 5.24. The van der Waals surface area contributed by atoms with Crippen LogP contribution >= 0.6 is 11.6 Å². The van der Waals surface area contributed by atoms with Gasteiger partial charge in [0.05, 0.1) is 6.07 Å². The molecule has 0 spiro atoms. The van der Waals surface area contributed by atoms with Crippen LogP contribution in [-0.2, 0) is 9.59 Å². The minimum Gasteiger partial charge on any atom is -0.457 e. The molecule has 0 heterocycles. The average Bonchev–Trinajstić information content (AvgIpc) is 3.44. The van der Waals surface area contributed by atoms with Gasteiger partial charge in [-0.2, -0.15) is 5.26 Å². The molecule has 1 aliphatic rings. The van der Waals surface area contributed by atoms with Gasteiger partial charge >= 0.3 is 0 Å². The minimum absolute atomic E-state index is 0.135. The van der Waals surface area contributed by atoms with Gasteiger partial charge in [0.1, 0.15) is 11.5 Å². The summed E-state index contributed by atoms with van der Waals surface area (Å²) in [7, 11) is 0. The van der Waals surface area contributed by atoms with Gasteiger partial charge in [-0.1, -0.05) is 11.6 Å². The summed E-state index contributed by atoms with van der Waals surface area (Å²) in [6.45, 7) is 1.90. The molecule has 0 aliphatic heterocycles. The minimum atomic E-state index is -1.25. The molecular weight excluding hydrogens is 352 g/mol. The zero-order chi connectivity index (χ0) is 18.7. The lowest BCUT2D eigenvalue weighted by atomic mass is 10.0. The molecule has 0 radical (unpaired) electrons. The molecule has 0 bridgehead atoms. The topological polar surface area (TPSA) is 79.2 Å². The first-order valence-electron chi connectivity index (χ1n) is 8.26. The zero-order valence-corrected chi connectivity index (χ0v) is 14.9. The maximum atomic E-state index is 12.2. The number of nitriles is 1. The molecule has 1 atom stereocenters. The smallest absolute Gasteiger partial charge is 0.249 e. The van der Waals surface area contributed by atoms with Gasteiger partial charge in [0.15, 0.2) is 11.7 Å². The summed E-state index contributed by atoms with van der Waals surface area (Å²) in [5.41, 5.74) is 1.41. The highest BCUT2D eigenvalue weighted by Crippen LogP contribution is 2.33. The zero-order valence-electron chi connectivity index (χ0n) is 14.2. The second kappa shape index (κ2) is 7.59. The van der Waals surface area contributed by atoms with E-state index >= 15 is 0 Å². The van der Waals surface area contributed by atoms with Crippen LogP contribution in [0.2, 0.25) is 5.02 Å². The summed E-state index contributed by atoms with van der Waals surface area (Å²) >= 11 is 5.93. The lowest BCUT2D eigenvalue weighted by Gasteiger charge is -2.11. The lowest BCUT2D eigenvalue weighted by molar-refractivity contribution is -0.129. The quantitative estimate of drug-likeness (QED) is 0.761. The van der Waals surface area contributed by atoms with Crippen LogP contribution in [0.5, 0.6) is 11.5 Å². The molecule has 1 amide bonds. The second-order valence-electron chi connectivity index (χ2n) is 6.26. The van der Waals surface area contributed by atoms with Crippen molar-refractivity contribution < 1.29 is 14.3 Å². The van der Waals surface area contributed by atoms with Gasteiger partial charge in [0.2, 0.25) is 5.91 Å². The van der Waals surface area contributed by atoms with Gasteiger partial charge in [0, 0.05) is 16.6 Å². The molecule has 1 saturated carbocycles. The fourth-order valence-corrected chi connectivity index (χ4v) is 2.76. The van der Waals surface area contributed by atoms with Crippen LogP contribution in [0, 0.1) is 30.1 Å². The number of benzene rings is 2. The summed E-state index contributed by atoms with van der Waals surface area (Å²) < 4.78 is 5.79. The number of Topliss-reactive ketones (excluding diaryl/α,β-unsaturated/α-hetero) is 1. The Morgan fingerprint density at radius 3 is 2.50 bits per heavy atom. The fourth-order valence-electron chi connectivity index (χ4n) is 2.53. The van der Waals surface area contributed by atoms with Crippen LogP contribution in [0.1, 0.15) is 18.4 Å². The number of rotatable bonds is 6. The third kappa shape index (κ3) is 4.22. The number of hydrogen-bond donors (Lipinski definition) is 1. The third-order valence-corrected chi connectivity index (χ3v) is 4.38. The van der Waals surface area contributed by atoms with Crippen molar-refractivity contribution in [1.29, 1.82) is 5.26 Å². The number of carbonyl (C=O) groups excluding carboxylic acids is 2. The average molecular weight is 369 g/mol. The number of aryl methyl sites for hydroxylation is 1. The standard InChI is InChI=1S/C20H17ClN2O3/c1-12-10-14(21)4-9-18(12)26-16-7-5-15(6-8-16)23-20(25)17(11-22)19(24)13-2-3-13/h4-10,13,17H,2-3H2,1H3,(H,23,25). The maximum Gasteiger partial charge on any atom is 0.249 e. The second-order valence-corrected chi connectivity index (χ2v) is 6.70. The van der Waals surface area contributed by atoms with Crippen LogP contribution < -0.4 is 10.1 Å². The van der Waals surface area contributed by atoms with E-state index in [2.05, 4.69) is 5.32 Å². The van der Waals surface area contributed by atoms with Crippen molar-refractivity contribution in [1.82, 2.24) is 0 Å². The molecule has 1 N–H and O–H groups in total. The van der Waals surface area contributed by atoms with Crippen LogP contribution in [-0.4, -0.2) is 11.7 Å². The molecule has 2 aromatic carbocycles. The molecular formula is C20H17ClN2O3. The predicted molar refractivity (Wildman–Crippen MR) is 98.2 cm³/mol. The molecule has 3 rings (SSSR count). The van der Waals surface area contributed by atoms with Gasteiger partial charge < -0.3 is 10.1 Å². The molecule has 6 heteroatoms. The number of nitrogens with zero attached hydrogens (tertiary/aromatic N) is 1. The van der Waals surface area contributed by atoms with Gasteiger partial charge in [-0.25, -0.2) is 0 Å². The SMILES string of the molecule is Cc1cc(Cl)ccc1Oc1ccc(NC(=O)C(C#N)C(=O)C2CC2)cc1. The summed E-state index contributed by atoms with van der Waals surface area (Å²) in [4.78, 5) is 24.1. The molecule has 2 aromatic rings. The number of nitrogens with one attached hydrogen (secondary N) is 1. The van der Waals surface area contributed by atoms with Crippen molar-refractivity contribution in [2.45, 2.75) is 19.8 Å². The molecule has 0 saturated heterocycles. The highest BCUT2D eigenvalue weighted by atomic mass is 35.5. The van der Waals surface area contributed by atoms with E-state index in [1.54, 1.807) is 42.5 Å². The van der Waals surface area contributed by atoms with E-state index in [1.165, 1.54) is 0 Å². The molecule has 1 aliphatic carbocycles. The van der Waals surface area contributed by atoms with E-state index in [0.717, 1.165) is 18.4 Å². The molecule has 1 unspecified atom stereocenters. The monoisotopic (exact) mass is 368 g/mol. The number of ether oxygens (including phenoxy) is 1. The number of halogens is 1. The van der Waals surface area contributed by atoms with E-state index in [0.29, 0.717) is 22.2 Å². The van der Waals surface area contributed by atoms with E-state index < -0.39 is 11.8 Å². The Labute approximate surface area is 156 Å². The molecule has 1 fully saturated rings. The van der Waals surface area contributed by atoms with Crippen molar-refractivity contribution in [2.75, 3.05) is 5.32 Å². The van der Waals surface area contributed by atoms with Crippen LogP contribution in [0.4, 0.5) is 5.69 Å². The third-order valence-electron chi connectivity index (χ3n) is 4.14. The number of amides is 1.